The van der Waals surface area contributed by atoms with Gasteiger partial charge in [-0.15, -0.1) is 0 Å². The maximum Gasteiger partial charge on any atom is 0.355 e. The zero-order valence-corrected chi connectivity index (χ0v) is 12.4. The highest BCUT2D eigenvalue weighted by Gasteiger charge is 2.21. The van der Waals surface area contributed by atoms with Gasteiger partial charge in [0, 0.05) is 20.3 Å². The molecule has 0 bridgehead atoms. The lowest BCUT2D eigenvalue weighted by molar-refractivity contribution is 0.0958. The summed E-state index contributed by atoms with van der Waals surface area (Å²) < 4.78 is 25.8. The van der Waals surface area contributed by atoms with Gasteiger partial charge in [-0.05, 0) is 6.92 Å². The van der Waals surface area contributed by atoms with Gasteiger partial charge >= 0.3 is 7.60 Å². The summed E-state index contributed by atoms with van der Waals surface area (Å²) >= 11 is 0. The molecule has 0 heterocycles. The zero-order valence-electron chi connectivity index (χ0n) is 11.5. The second-order valence-corrected chi connectivity index (χ2v) is 6.16. The molecule has 0 rings (SSSR count). The first-order valence-corrected chi connectivity index (χ1v) is 7.30. The van der Waals surface area contributed by atoms with Crippen LogP contribution in [0.2, 0.25) is 12.6 Å². The van der Waals surface area contributed by atoms with Crippen molar-refractivity contribution < 1.29 is 18.3 Å². The summed E-state index contributed by atoms with van der Waals surface area (Å²) in [4.78, 5) is 0. The van der Waals surface area contributed by atoms with Crippen LogP contribution in [-0.2, 0) is 18.3 Å². The molecule has 0 saturated heterocycles. The van der Waals surface area contributed by atoms with Crippen molar-refractivity contribution in [2.24, 2.45) is 5.92 Å². The van der Waals surface area contributed by atoms with Crippen LogP contribution in [0.15, 0.2) is 0 Å². The Morgan fingerprint density at radius 3 is 1.71 bits per heavy atom. The monoisotopic (exact) mass is 260 g/mol. The Balaban J connectivity index is 0. The summed E-state index contributed by atoms with van der Waals surface area (Å²) in [5.74, 6) is 0.662. The normalized spacial score (nSPS) is 13.1. The predicted molar refractivity (Wildman–Crippen MR) is 73.0 cm³/mol. The SMILES string of the molecule is [B]CC(C)C.[B]CC(C)OCP(=O)(OC)OC. The molecule has 0 fully saturated rings. The topological polar surface area (TPSA) is 44.8 Å². The molecule has 4 nitrogen and oxygen atoms in total. The molecular formula is C10H23B2O4P. The molecule has 0 aromatic heterocycles. The summed E-state index contributed by atoms with van der Waals surface area (Å²) in [5, 5.41) is 0. The van der Waals surface area contributed by atoms with Crippen LogP contribution in [0.25, 0.3) is 0 Å². The third kappa shape index (κ3) is 12.5. The molecule has 7 heteroatoms. The molecule has 17 heavy (non-hydrogen) atoms. The first-order valence-electron chi connectivity index (χ1n) is 5.57. The Hall–Kier alpha value is 0.240. The maximum atomic E-state index is 11.4. The summed E-state index contributed by atoms with van der Waals surface area (Å²) in [6.45, 7) is 5.98. The van der Waals surface area contributed by atoms with Crippen molar-refractivity contribution in [3.05, 3.63) is 0 Å². The van der Waals surface area contributed by atoms with Crippen molar-refractivity contribution >= 4 is 23.3 Å². The first kappa shape index (κ1) is 19.6. The fraction of sp³-hybridized carbons (Fsp3) is 1.00. The van der Waals surface area contributed by atoms with E-state index in [1.54, 1.807) is 6.92 Å². The number of hydrogen-bond acceptors (Lipinski definition) is 4. The maximum absolute atomic E-state index is 11.4. The number of ether oxygens (including phenoxy) is 1. The Kier molecular flexibility index (Phi) is 13.1. The summed E-state index contributed by atoms with van der Waals surface area (Å²) in [7, 11) is 10.1. The largest absolute Gasteiger partial charge is 0.367 e. The fourth-order valence-corrected chi connectivity index (χ4v) is 1.26. The minimum atomic E-state index is -3.03. The van der Waals surface area contributed by atoms with Gasteiger partial charge in [0.15, 0.2) is 0 Å². The van der Waals surface area contributed by atoms with E-state index in [1.165, 1.54) is 14.2 Å². The molecule has 0 amide bonds. The van der Waals surface area contributed by atoms with Crippen molar-refractivity contribution in [2.45, 2.75) is 39.5 Å². The standard InChI is InChI=1S/C6H14BO4P.C4H9B/c1-6(4-7)11-5-12(8,9-2)10-3;1-4(2)3-5/h6H,4-5H2,1-3H3;4H,3H2,1-2H3. The lowest BCUT2D eigenvalue weighted by atomic mass is 9.95. The van der Waals surface area contributed by atoms with E-state index in [-0.39, 0.29) is 12.5 Å². The van der Waals surface area contributed by atoms with Gasteiger partial charge in [-0.25, -0.2) is 0 Å². The van der Waals surface area contributed by atoms with E-state index >= 15 is 0 Å². The highest BCUT2D eigenvalue weighted by molar-refractivity contribution is 7.53. The van der Waals surface area contributed by atoms with Crippen LogP contribution in [0.3, 0.4) is 0 Å². The van der Waals surface area contributed by atoms with E-state index in [0.29, 0.717) is 12.2 Å². The lowest BCUT2D eigenvalue weighted by Gasteiger charge is -2.16. The third-order valence-electron chi connectivity index (χ3n) is 1.88. The minimum Gasteiger partial charge on any atom is -0.367 e. The van der Waals surface area contributed by atoms with Gasteiger partial charge in [-0.3, -0.25) is 4.57 Å². The summed E-state index contributed by atoms with van der Waals surface area (Å²) in [6.07, 6.45) is 0.995. The predicted octanol–water partition coefficient (Wildman–Crippen LogP) is 2.65. The third-order valence-corrected chi connectivity index (χ3v) is 3.45. The minimum absolute atomic E-state index is 0.0572. The van der Waals surface area contributed by atoms with E-state index < -0.39 is 7.60 Å². The Labute approximate surface area is 108 Å². The van der Waals surface area contributed by atoms with Crippen molar-refractivity contribution in [1.82, 2.24) is 0 Å². The second-order valence-electron chi connectivity index (χ2n) is 3.95. The van der Waals surface area contributed by atoms with E-state index in [2.05, 4.69) is 22.9 Å². The Morgan fingerprint density at radius 1 is 1.06 bits per heavy atom. The molecule has 0 aliphatic carbocycles. The van der Waals surface area contributed by atoms with E-state index in [9.17, 15) is 4.57 Å². The molecule has 0 N–H and O–H groups in total. The average Bonchev–Trinajstić information content (AvgIpc) is 2.36. The van der Waals surface area contributed by atoms with Crippen LogP contribution in [0.4, 0.5) is 0 Å². The Morgan fingerprint density at radius 2 is 1.47 bits per heavy atom. The quantitative estimate of drug-likeness (QED) is 0.521. The van der Waals surface area contributed by atoms with Crippen LogP contribution in [0, 0.1) is 5.92 Å². The van der Waals surface area contributed by atoms with Crippen LogP contribution >= 0.6 is 7.60 Å². The molecule has 98 valence electrons. The van der Waals surface area contributed by atoms with Crippen molar-refractivity contribution in [3.8, 4) is 0 Å². The summed E-state index contributed by atoms with van der Waals surface area (Å²) in [5.41, 5.74) is 0. The fourth-order valence-electron chi connectivity index (χ4n) is 0.467. The Bertz CT molecular complexity index is 206. The highest BCUT2D eigenvalue weighted by atomic mass is 31.2. The van der Waals surface area contributed by atoms with Gasteiger partial charge in [0.2, 0.25) is 0 Å². The van der Waals surface area contributed by atoms with Crippen molar-refractivity contribution in [1.29, 1.82) is 0 Å². The van der Waals surface area contributed by atoms with Crippen molar-refractivity contribution in [3.63, 3.8) is 0 Å². The van der Waals surface area contributed by atoms with Gasteiger partial charge in [0.1, 0.15) is 6.35 Å². The van der Waals surface area contributed by atoms with E-state index in [1.807, 2.05) is 0 Å². The van der Waals surface area contributed by atoms with Gasteiger partial charge < -0.3 is 13.8 Å². The molecule has 1 unspecified atom stereocenters. The van der Waals surface area contributed by atoms with Gasteiger partial charge in [0.05, 0.1) is 15.7 Å². The van der Waals surface area contributed by atoms with Gasteiger partial charge in [-0.1, -0.05) is 32.4 Å². The molecule has 0 spiro atoms. The molecule has 0 aromatic rings. The van der Waals surface area contributed by atoms with Crippen molar-refractivity contribution in [2.75, 3.05) is 20.6 Å². The molecule has 0 aliphatic rings. The van der Waals surface area contributed by atoms with Crippen LogP contribution in [0.1, 0.15) is 20.8 Å². The van der Waals surface area contributed by atoms with Crippen LogP contribution < -0.4 is 0 Å². The molecule has 1 atom stereocenters. The first-order chi connectivity index (χ1) is 7.85. The average molecular weight is 260 g/mol. The molecule has 0 saturated carbocycles. The molecular weight excluding hydrogens is 237 g/mol. The smallest absolute Gasteiger partial charge is 0.355 e. The van der Waals surface area contributed by atoms with Crippen LogP contribution in [-0.4, -0.2) is 42.4 Å². The van der Waals surface area contributed by atoms with E-state index in [0.717, 1.165) is 6.32 Å². The second kappa shape index (κ2) is 11.3. The molecule has 0 aliphatic heterocycles. The van der Waals surface area contributed by atoms with Gasteiger partial charge in [-0.2, -0.15) is 0 Å². The summed E-state index contributed by atoms with van der Waals surface area (Å²) in [6, 6.07) is 0. The highest BCUT2D eigenvalue weighted by Crippen LogP contribution is 2.46. The zero-order chi connectivity index (χ0) is 13.9. The molecule has 4 radical (unpaired) electrons. The number of hydrogen-bond donors (Lipinski definition) is 0. The molecule has 0 aromatic carbocycles. The number of rotatable bonds is 7. The van der Waals surface area contributed by atoms with Gasteiger partial charge in [0.25, 0.3) is 0 Å². The van der Waals surface area contributed by atoms with Crippen LogP contribution in [0.5, 0.6) is 0 Å². The lowest BCUT2D eigenvalue weighted by Crippen LogP contribution is -2.09. The van der Waals surface area contributed by atoms with E-state index in [4.69, 9.17) is 20.4 Å².